The quantitative estimate of drug-likeness (QED) is 0.865. The molecule has 0 unspecified atom stereocenters. The van der Waals surface area contributed by atoms with Crippen LogP contribution in [0.15, 0.2) is 18.2 Å². The normalized spacial score (nSPS) is 20.6. The Hall–Kier alpha value is -1.51. The summed E-state index contributed by atoms with van der Waals surface area (Å²) in [4.78, 5) is 12.5. The van der Waals surface area contributed by atoms with Crippen molar-refractivity contribution in [1.29, 1.82) is 0 Å². The van der Waals surface area contributed by atoms with Crippen molar-refractivity contribution in [2.75, 3.05) is 11.9 Å². The fraction of sp³-hybridized carbons (Fsp3) is 0.588. The summed E-state index contributed by atoms with van der Waals surface area (Å²) in [5.41, 5.74) is 3.26. The number of carbonyl (C=O) groups is 1. The van der Waals surface area contributed by atoms with Crippen LogP contribution < -0.4 is 10.6 Å². The Morgan fingerprint density at radius 2 is 2.00 bits per heavy atom. The van der Waals surface area contributed by atoms with Crippen LogP contribution in [-0.2, 0) is 6.42 Å². The van der Waals surface area contributed by atoms with E-state index in [1.165, 1.54) is 30.5 Å². The van der Waals surface area contributed by atoms with Crippen molar-refractivity contribution in [2.24, 2.45) is 0 Å². The van der Waals surface area contributed by atoms with E-state index in [1.807, 2.05) is 12.1 Å². The second-order valence-corrected chi connectivity index (χ2v) is 6.48. The molecule has 1 aliphatic heterocycles. The number of fused-ring (bicyclic) bond motifs is 1. The SMILES string of the molecule is CC1(NC(=O)c2ccc3c(c2)CCCN3)CCCCC1. The van der Waals surface area contributed by atoms with E-state index in [2.05, 4.69) is 23.6 Å². The number of hydrogen-bond acceptors (Lipinski definition) is 2. The minimum absolute atomic E-state index is 0.0104. The highest BCUT2D eigenvalue weighted by Gasteiger charge is 2.28. The van der Waals surface area contributed by atoms with Crippen LogP contribution in [0.1, 0.15) is 61.4 Å². The average molecular weight is 272 g/mol. The van der Waals surface area contributed by atoms with E-state index in [9.17, 15) is 4.79 Å². The molecular formula is C17H24N2O. The van der Waals surface area contributed by atoms with Crippen molar-refractivity contribution in [3.63, 3.8) is 0 Å². The molecular weight excluding hydrogens is 248 g/mol. The number of carbonyl (C=O) groups excluding carboxylic acids is 1. The Kier molecular flexibility index (Phi) is 3.68. The largest absolute Gasteiger partial charge is 0.385 e. The first-order valence-corrected chi connectivity index (χ1v) is 7.86. The van der Waals surface area contributed by atoms with E-state index >= 15 is 0 Å². The molecule has 1 heterocycles. The molecule has 0 radical (unpaired) electrons. The summed E-state index contributed by atoms with van der Waals surface area (Å²) in [5.74, 6) is 0.0859. The Morgan fingerprint density at radius 1 is 1.20 bits per heavy atom. The standard InChI is InChI=1S/C17H24N2O/c1-17(9-3-2-4-10-17)19-16(20)14-7-8-15-13(12-14)6-5-11-18-15/h7-8,12,18H,2-6,9-11H2,1H3,(H,19,20). The zero-order valence-electron chi connectivity index (χ0n) is 12.3. The first-order valence-electron chi connectivity index (χ1n) is 7.86. The van der Waals surface area contributed by atoms with Gasteiger partial charge in [0.25, 0.3) is 5.91 Å². The predicted octanol–water partition coefficient (Wildman–Crippen LogP) is 3.50. The van der Waals surface area contributed by atoms with E-state index in [0.717, 1.165) is 37.8 Å². The number of benzene rings is 1. The van der Waals surface area contributed by atoms with Gasteiger partial charge < -0.3 is 10.6 Å². The fourth-order valence-corrected chi connectivity index (χ4v) is 3.42. The van der Waals surface area contributed by atoms with Gasteiger partial charge in [0.15, 0.2) is 0 Å². The van der Waals surface area contributed by atoms with Crippen LogP contribution >= 0.6 is 0 Å². The number of anilines is 1. The van der Waals surface area contributed by atoms with E-state index in [4.69, 9.17) is 0 Å². The molecule has 1 saturated carbocycles. The number of nitrogens with one attached hydrogen (secondary N) is 2. The summed E-state index contributed by atoms with van der Waals surface area (Å²) in [6.07, 6.45) is 8.18. The van der Waals surface area contributed by atoms with Gasteiger partial charge in [-0.15, -0.1) is 0 Å². The average Bonchev–Trinajstić information content (AvgIpc) is 2.47. The van der Waals surface area contributed by atoms with E-state index in [0.29, 0.717) is 0 Å². The number of aryl methyl sites for hydroxylation is 1. The summed E-state index contributed by atoms with van der Waals surface area (Å²) in [7, 11) is 0. The third-order valence-electron chi connectivity index (χ3n) is 4.68. The molecule has 2 aliphatic rings. The van der Waals surface area contributed by atoms with Gasteiger partial charge in [-0.05, 0) is 56.4 Å². The van der Waals surface area contributed by atoms with Crippen LogP contribution in [0.3, 0.4) is 0 Å². The topological polar surface area (TPSA) is 41.1 Å². The van der Waals surface area contributed by atoms with Gasteiger partial charge in [0.1, 0.15) is 0 Å². The minimum atomic E-state index is -0.0104. The van der Waals surface area contributed by atoms with Gasteiger partial charge in [-0.1, -0.05) is 19.3 Å². The summed E-state index contributed by atoms with van der Waals surface area (Å²) in [6.45, 7) is 3.22. The monoisotopic (exact) mass is 272 g/mol. The molecule has 3 nitrogen and oxygen atoms in total. The molecule has 3 rings (SSSR count). The summed E-state index contributed by atoms with van der Waals surface area (Å²) in [5, 5.41) is 6.64. The fourth-order valence-electron chi connectivity index (χ4n) is 3.42. The van der Waals surface area contributed by atoms with Crippen LogP contribution in [0.4, 0.5) is 5.69 Å². The van der Waals surface area contributed by atoms with Gasteiger partial charge >= 0.3 is 0 Å². The number of amides is 1. The van der Waals surface area contributed by atoms with Crippen molar-refractivity contribution < 1.29 is 4.79 Å². The van der Waals surface area contributed by atoms with Gasteiger partial charge in [-0.25, -0.2) is 0 Å². The summed E-state index contributed by atoms with van der Waals surface area (Å²) in [6, 6.07) is 6.05. The summed E-state index contributed by atoms with van der Waals surface area (Å²) >= 11 is 0. The van der Waals surface area contributed by atoms with Gasteiger partial charge in [0, 0.05) is 23.3 Å². The number of rotatable bonds is 2. The predicted molar refractivity (Wildman–Crippen MR) is 82.2 cm³/mol. The van der Waals surface area contributed by atoms with Crippen LogP contribution in [-0.4, -0.2) is 18.0 Å². The molecule has 0 spiro atoms. The highest BCUT2D eigenvalue weighted by atomic mass is 16.1. The molecule has 1 aromatic carbocycles. The first kappa shape index (κ1) is 13.5. The molecule has 0 saturated heterocycles. The highest BCUT2D eigenvalue weighted by molar-refractivity contribution is 5.95. The lowest BCUT2D eigenvalue weighted by molar-refractivity contribution is 0.0882. The molecule has 2 N–H and O–H groups in total. The van der Waals surface area contributed by atoms with E-state index in [1.54, 1.807) is 0 Å². The summed E-state index contributed by atoms with van der Waals surface area (Å²) < 4.78 is 0. The maximum atomic E-state index is 12.5. The number of hydrogen-bond donors (Lipinski definition) is 2. The lowest BCUT2D eigenvalue weighted by atomic mass is 9.83. The van der Waals surface area contributed by atoms with Crippen LogP contribution in [0.2, 0.25) is 0 Å². The lowest BCUT2D eigenvalue weighted by Gasteiger charge is -2.34. The Balaban J connectivity index is 1.73. The third kappa shape index (κ3) is 2.82. The molecule has 0 aromatic heterocycles. The zero-order valence-corrected chi connectivity index (χ0v) is 12.3. The van der Waals surface area contributed by atoms with Crippen molar-refractivity contribution >= 4 is 11.6 Å². The maximum Gasteiger partial charge on any atom is 0.251 e. The lowest BCUT2D eigenvalue weighted by Crippen LogP contribution is -2.47. The molecule has 1 amide bonds. The smallest absolute Gasteiger partial charge is 0.251 e. The van der Waals surface area contributed by atoms with E-state index in [-0.39, 0.29) is 11.4 Å². The van der Waals surface area contributed by atoms with Gasteiger partial charge in [0.05, 0.1) is 0 Å². The Morgan fingerprint density at radius 3 is 2.80 bits per heavy atom. The maximum absolute atomic E-state index is 12.5. The highest BCUT2D eigenvalue weighted by Crippen LogP contribution is 2.28. The van der Waals surface area contributed by atoms with Crippen LogP contribution in [0, 0.1) is 0 Å². The van der Waals surface area contributed by atoms with Crippen LogP contribution in [0.5, 0.6) is 0 Å². The molecule has 0 bridgehead atoms. The van der Waals surface area contributed by atoms with Crippen molar-refractivity contribution in [2.45, 2.75) is 57.4 Å². The Bertz CT molecular complexity index is 504. The van der Waals surface area contributed by atoms with Crippen molar-refractivity contribution in [3.8, 4) is 0 Å². The van der Waals surface area contributed by atoms with Crippen LogP contribution in [0.25, 0.3) is 0 Å². The minimum Gasteiger partial charge on any atom is -0.385 e. The Labute approximate surface area is 121 Å². The van der Waals surface area contributed by atoms with Crippen molar-refractivity contribution in [3.05, 3.63) is 29.3 Å². The first-order chi connectivity index (χ1) is 9.66. The molecule has 1 aliphatic carbocycles. The van der Waals surface area contributed by atoms with Gasteiger partial charge in [-0.2, -0.15) is 0 Å². The molecule has 1 aromatic rings. The second-order valence-electron chi connectivity index (χ2n) is 6.48. The zero-order chi connectivity index (χ0) is 14.0. The third-order valence-corrected chi connectivity index (χ3v) is 4.68. The molecule has 3 heteroatoms. The van der Waals surface area contributed by atoms with Gasteiger partial charge in [-0.3, -0.25) is 4.79 Å². The molecule has 20 heavy (non-hydrogen) atoms. The molecule has 0 atom stereocenters. The van der Waals surface area contributed by atoms with Gasteiger partial charge in [0.2, 0.25) is 0 Å². The molecule has 1 fully saturated rings. The van der Waals surface area contributed by atoms with E-state index < -0.39 is 0 Å². The van der Waals surface area contributed by atoms with Crippen molar-refractivity contribution in [1.82, 2.24) is 5.32 Å². The molecule has 108 valence electrons. The second kappa shape index (κ2) is 5.47.